The van der Waals surface area contributed by atoms with Crippen molar-refractivity contribution in [2.75, 3.05) is 0 Å². The van der Waals surface area contributed by atoms with E-state index in [9.17, 15) is 4.79 Å². The van der Waals surface area contributed by atoms with Crippen LogP contribution >= 0.6 is 27.3 Å². The number of rotatable bonds is 2. The minimum Gasteiger partial charge on any atom is -0.478 e. The van der Waals surface area contributed by atoms with E-state index in [1.54, 1.807) is 0 Å². The smallest absolute Gasteiger partial charge is 0.348 e. The van der Waals surface area contributed by atoms with Crippen molar-refractivity contribution in [1.29, 1.82) is 0 Å². The average molecular weight is 276 g/mol. The fourth-order valence-corrected chi connectivity index (χ4v) is 2.50. The number of halogens is 1. The van der Waals surface area contributed by atoms with Crippen LogP contribution < -0.4 is 0 Å². The first-order valence-corrected chi connectivity index (χ1v) is 5.49. The number of hydrogen-bond acceptors (Lipinski definition) is 4. The Morgan fingerprint density at radius 1 is 1.71 bits per heavy atom. The fraction of sp³-hybridized carbons (Fsp3) is 0.250. The highest BCUT2D eigenvalue weighted by Gasteiger charge is 2.28. The third kappa shape index (κ3) is 1.80. The predicted molar refractivity (Wildman–Crippen MR) is 55.7 cm³/mol. The van der Waals surface area contributed by atoms with Gasteiger partial charge in [0.1, 0.15) is 5.71 Å². The molecule has 0 saturated heterocycles. The largest absolute Gasteiger partial charge is 0.478 e. The lowest BCUT2D eigenvalue weighted by molar-refractivity contribution is -0.148. The van der Waals surface area contributed by atoms with Gasteiger partial charge in [-0.3, -0.25) is 0 Å². The van der Waals surface area contributed by atoms with E-state index in [0.717, 1.165) is 8.66 Å². The third-order valence-electron chi connectivity index (χ3n) is 1.80. The van der Waals surface area contributed by atoms with Gasteiger partial charge in [0.2, 0.25) is 6.10 Å². The molecule has 0 aliphatic carbocycles. The topological polar surface area (TPSA) is 58.9 Å². The Bertz CT molecular complexity index is 401. The number of thiophene rings is 1. The Morgan fingerprint density at radius 2 is 2.50 bits per heavy atom. The first-order valence-electron chi connectivity index (χ1n) is 3.88. The van der Waals surface area contributed by atoms with Crippen molar-refractivity contribution in [2.24, 2.45) is 5.16 Å². The predicted octanol–water partition coefficient (Wildman–Crippen LogP) is 2.09. The molecule has 0 bridgehead atoms. The van der Waals surface area contributed by atoms with Gasteiger partial charge in [-0.25, -0.2) is 4.79 Å². The minimum atomic E-state index is -0.973. The van der Waals surface area contributed by atoms with Crippen LogP contribution in [0.5, 0.6) is 0 Å². The molecule has 1 unspecified atom stereocenters. The lowest BCUT2D eigenvalue weighted by atomic mass is 10.1. The molecule has 0 saturated carbocycles. The zero-order valence-corrected chi connectivity index (χ0v) is 9.34. The van der Waals surface area contributed by atoms with Crippen LogP contribution in [-0.2, 0) is 9.63 Å². The average Bonchev–Trinajstić information content (AvgIpc) is 2.70. The zero-order valence-electron chi connectivity index (χ0n) is 6.94. The van der Waals surface area contributed by atoms with Gasteiger partial charge in [0, 0.05) is 6.42 Å². The summed E-state index contributed by atoms with van der Waals surface area (Å²) in [6.07, 6.45) is -0.492. The van der Waals surface area contributed by atoms with Gasteiger partial charge in [-0.05, 0) is 28.1 Å². The summed E-state index contributed by atoms with van der Waals surface area (Å²) in [6.45, 7) is 0. The van der Waals surface area contributed by atoms with Crippen molar-refractivity contribution in [3.05, 3.63) is 20.8 Å². The van der Waals surface area contributed by atoms with Gasteiger partial charge in [0.25, 0.3) is 0 Å². The molecule has 0 aromatic carbocycles. The van der Waals surface area contributed by atoms with Crippen LogP contribution in [0.15, 0.2) is 21.1 Å². The molecular formula is C8H6BrNO3S. The molecule has 4 nitrogen and oxygen atoms in total. The molecule has 1 aliphatic heterocycles. The van der Waals surface area contributed by atoms with Gasteiger partial charge in [0.05, 0.1) is 8.66 Å². The SMILES string of the molecule is O=C(O)C1CC(c2ccc(Br)s2)=NO1. The van der Waals surface area contributed by atoms with E-state index in [1.807, 2.05) is 12.1 Å². The van der Waals surface area contributed by atoms with E-state index in [0.29, 0.717) is 12.1 Å². The number of carboxylic acids is 1. The van der Waals surface area contributed by atoms with Crippen LogP contribution in [0.3, 0.4) is 0 Å². The van der Waals surface area contributed by atoms with E-state index in [4.69, 9.17) is 9.94 Å². The van der Waals surface area contributed by atoms with Crippen LogP contribution in [0.4, 0.5) is 0 Å². The zero-order chi connectivity index (χ0) is 10.1. The number of oxime groups is 1. The maximum Gasteiger partial charge on any atom is 0.348 e. The molecule has 2 heterocycles. The van der Waals surface area contributed by atoms with Gasteiger partial charge in [-0.1, -0.05) is 5.16 Å². The van der Waals surface area contributed by atoms with Gasteiger partial charge in [0.15, 0.2) is 0 Å². The summed E-state index contributed by atoms with van der Waals surface area (Å²) >= 11 is 4.84. The summed E-state index contributed by atoms with van der Waals surface area (Å²) in [4.78, 5) is 16.3. The van der Waals surface area contributed by atoms with Crippen LogP contribution in [0.1, 0.15) is 11.3 Å². The van der Waals surface area contributed by atoms with Crippen molar-refractivity contribution in [2.45, 2.75) is 12.5 Å². The second kappa shape index (κ2) is 3.70. The van der Waals surface area contributed by atoms with E-state index in [1.165, 1.54) is 11.3 Å². The Hall–Kier alpha value is -0.880. The highest BCUT2D eigenvalue weighted by atomic mass is 79.9. The van der Waals surface area contributed by atoms with E-state index in [2.05, 4.69) is 21.1 Å². The first-order chi connectivity index (χ1) is 6.66. The summed E-state index contributed by atoms with van der Waals surface area (Å²) < 4.78 is 0.994. The van der Waals surface area contributed by atoms with Gasteiger partial charge in [-0.2, -0.15) is 0 Å². The molecule has 1 aliphatic rings. The molecule has 0 fully saturated rings. The van der Waals surface area contributed by atoms with E-state index >= 15 is 0 Å². The van der Waals surface area contributed by atoms with Crippen LogP contribution in [-0.4, -0.2) is 22.9 Å². The van der Waals surface area contributed by atoms with Crippen molar-refractivity contribution in [3.8, 4) is 0 Å². The standard InChI is InChI=1S/C8H6BrNO3S/c9-7-2-1-6(14-7)4-3-5(8(11)12)13-10-4/h1-2,5H,3H2,(H,11,12). The molecule has 74 valence electrons. The number of hydrogen-bond donors (Lipinski definition) is 1. The normalized spacial score (nSPS) is 20.4. The monoisotopic (exact) mass is 275 g/mol. The van der Waals surface area contributed by atoms with E-state index in [-0.39, 0.29) is 0 Å². The molecule has 2 rings (SSSR count). The van der Waals surface area contributed by atoms with Crippen molar-refractivity contribution < 1.29 is 14.7 Å². The number of aliphatic carboxylic acids is 1. The Kier molecular flexibility index (Phi) is 2.56. The number of nitrogens with zero attached hydrogens (tertiary/aromatic N) is 1. The summed E-state index contributed by atoms with van der Waals surface area (Å²) in [6, 6.07) is 3.79. The summed E-state index contributed by atoms with van der Waals surface area (Å²) in [7, 11) is 0. The molecular weight excluding hydrogens is 270 g/mol. The fourth-order valence-electron chi connectivity index (χ4n) is 1.12. The third-order valence-corrected chi connectivity index (χ3v) is 3.47. The quantitative estimate of drug-likeness (QED) is 0.899. The lowest BCUT2D eigenvalue weighted by Gasteiger charge is -1.98. The Balaban J connectivity index is 2.12. The molecule has 14 heavy (non-hydrogen) atoms. The number of carbonyl (C=O) groups is 1. The molecule has 1 aromatic rings. The second-order valence-electron chi connectivity index (χ2n) is 2.78. The highest BCUT2D eigenvalue weighted by molar-refractivity contribution is 9.11. The Morgan fingerprint density at radius 3 is 3.00 bits per heavy atom. The molecule has 1 atom stereocenters. The molecule has 6 heteroatoms. The van der Waals surface area contributed by atoms with Crippen molar-refractivity contribution in [3.63, 3.8) is 0 Å². The molecule has 0 amide bonds. The van der Waals surface area contributed by atoms with Crippen LogP contribution in [0, 0.1) is 0 Å². The number of carboxylic acid groups (broad SMARTS) is 1. The van der Waals surface area contributed by atoms with Crippen LogP contribution in [0.25, 0.3) is 0 Å². The molecule has 1 aromatic heterocycles. The van der Waals surface area contributed by atoms with Gasteiger partial charge in [-0.15, -0.1) is 11.3 Å². The first kappa shape index (κ1) is 9.67. The lowest BCUT2D eigenvalue weighted by Crippen LogP contribution is -2.19. The summed E-state index contributed by atoms with van der Waals surface area (Å²) in [5.41, 5.74) is 0.702. The minimum absolute atomic E-state index is 0.336. The maximum atomic E-state index is 10.6. The molecule has 0 radical (unpaired) electrons. The summed E-state index contributed by atoms with van der Waals surface area (Å²) in [5.74, 6) is -0.973. The Labute approximate surface area is 92.3 Å². The van der Waals surface area contributed by atoms with Gasteiger partial charge >= 0.3 is 5.97 Å². The molecule has 1 N–H and O–H groups in total. The van der Waals surface area contributed by atoms with Gasteiger partial charge < -0.3 is 9.94 Å². The summed E-state index contributed by atoms with van der Waals surface area (Å²) in [5, 5.41) is 12.4. The van der Waals surface area contributed by atoms with Crippen molar-refractivity contribution in [1.82, 2.24) is 0 Å². The van der Waals surface area contributed by atoms with Crippen molar-refractivity contribution >= 4 is 38.9 Å². The molecule has 0 spiro atoms. The maximum absolute atomic E-state index is 10.6. The highest BCUT2D eigenvalue weighted by Crippen LogP contribution is 2.26. The second-order valence-corrected chi connectivity index (χ2v) is 5.24. The van der Waals surface area contributed by atoms with Crippen LogP contribution in [0.2, 0.25) is 0 Å². The van der Waals surface area contributed by atoms with E-state index < -0.39 is 12.1 Å².